The zero-order valence-corrected chi connectivity index (χ0v) is 20.2. The maximum absolute atomic E-state index is 13.9. The van der Waals surface area contributed by atoms with Crippen molar-refractivity contribution in [2.45, 2.75) is 25.4 Å². The monoisotopic (exact) mass is 468 g/mol. The van der Waals surface area contributed by atoms with E-state index in [1.807, 2.05) is 60.7 Å². The van der Waals surface area contributed by atoms with Gasteiger partial charge < -0.3 is 5.32 Å². The summed E-state index contributed by atoms with van der Waals surface area (Å²) in [6.07, 6.45) is 0.420. The van der Waals surface area contributed by atoms with Crippen LogP contribution in [-0.4, -0.2) is 59.5 Å². The normalized spacial score (nSPS) is 21.3. The zero-order valence-electron chi connectivity index (χ0n) is 20.2. The van der Waals surface area contributed by atoms with Crippen molar-refractivity contribution in [2.75, 3.05) is 32.8 Å². The summed E-state index contributed by atoms with van der Waals surface area (Å²) >= 11 is 0. The van der Waals surface area contributed by atoms with Crippen LogP contribution >= 0.6 is 0 Å². The molecule has 0 aromatic heterocycles. The number of amides is 3. The van der Waals surface area contributed by atoms with E-state index in [9.17, 15) is 9.59 Å². The van der Waals surface area contributed by atoms with Gasteiger partial charge in [-0.25, -0.2) is 9.69 Å². The number of hydrogen-bond donors (Lipinski definition) is 1. The molecular formula is C29H32N4O2. The lowest BCUT2D eigenvalue weighted by Gasteiger charge is -2.36. The molecule has 1 atom stereocenters. The summed E-state index contributed by atoms with van der Waals surface area (Å²) < 4.78 is 0. The molecule has 0 bridgehead atoms. The number of nitrogens with one attached hydrogen (secondary N) is 1. The van der Waals surface area contributed by atoms with Crippen LogP contribution < -0.4 is 5.32 Å². The highest BCUT2D eigenvalue weighted by Gasteiger charge is 2.52. The second kappa shape index (κ2) is 10.0. The first-order valence-electron chi connectivity index (χ1n) is 12.3. The molecule has 35 heavy (non-hydrogen) atoms. The number of benzene rings is 3. The molecule has 180 valence electrons. The quantitative estimate of drug-likeness (QED) is 0.537. The van der Waals surface area contributed by atoms with Crippen molar-refractivity contribution < 1.29 is 9.59 Å². The van der Waals surface area contributed by atoms with Crippen LogP contribution in [0.5, 0.6) is 0 Å². The molecule has 0 saturated carbocycles. The number of carbonyl (C=O) groups is 2. The molecule has 0 unspecified atom stereocenters. The van der Waals surface area contributed by atoms with Gasteiger partial charge in [0.15, 0.2) is 5.54 Å². The molecule has 2 heterocycles. The number of imide groups is 1. The number of rotatable bonds is 7. The van der Waals surface area contributed by atoms with E-state index in [4.69, 9.17) is 0 Å². The van der Waals surface area contributed by atoms with Gasteiger partial charge in [-0.2, -0.15) is 0 Å². The van der Waals surface area contributed by atoms with Crippen molar-refractivity contribution in [1.82, 2.24) is 20.0 Å². The van der Waals surface area contributed by atoms with Gasteiger partial charge in [-0.3, -0.25) is 14.6 Å². The standard InChI is InChI=1S/C29H32N4O2/c1-23-9-8-12-25(19-23)21-31-15-17-32(18-16-31)22-33-27(34)29(30-28(33)35,26-13-6-3-7-14-26)20-24-10-4-2-5-11-24/h2-14,19H,15-18,20-22H2,1H3,(H,30,35)/t29-/m1/s1. The van der Waals surface area contributed by atoms with E-state index in [-0.39, 0.29) is 11.9 Å². The van der Waals surface area contributed by atoms with E-state index in [0.29, 0.717) is 13.1 Å². The molecule has 2 aliphatic heterocycles. The van der Waals surface area contributed by atoms with Gasteiger partial charge in [-0.1, -0.05) is 90.5 Å². The van der Waals surface area contributed by atoms with Gasteiger partial charge in [-0.05, 0) is 23.6 Å². The van der Waals surface area contributed by atoms with Crippen LogP contribution in [0.15, 0.2) is 84.9 Å². The number of hydrogen-bond acceptors (Lipinski definition) is 4. The van der Waals surface area contributed by atoms with E-state index < -0.39 is 5.54 Å². The van der Waals surface area contributed by atoms with Crippen LogP contribution in [-0.2, 0) is 23.3 Å². The van der Waals surface area contributed by atoms with Gasteiger partial charge in [0.2, 0.25) is 0 Å². The molecule has 0 aliphatic carbocycles. The maximum Gasteiger partial charge on any atom is 0.326 e. The Morgan fingerprint density at radius 2 is 1.40 bits per heavy atom. The molecule has 3 amide bonds. The number of aryl methyl sites for hydroxylation is 1. The van der Waals surface area contributed by atoms with Gasteiger partial charge >= 0.3 is 6.03 Å². The van der Waals surface area contributed by atoms with E-state index in [1.54, 1.807) is 0 Å². The first-order valence-corrected chi connectivity index (χ1v) is 12.3. The molecule has 6 heteroatoms. The fraction of sp³-hybridized carbons (Fsp3) is 0.310. The fourth-order valence-electron chi connectivity index (χ4n) is 5.15. The lowest BCUT2D eigenvalue weighted by atomic mass is 9.83. The van der Waals surface area contributed by atoms with E-state index in [1.165, 1.54) is 16.0 Å². The molecule has 2 saturated heterocycles. The average Bonchev–Trinajstić information content (AvgIpc) is 3.11. The number of nitrogens with zero attached hydrogens (tertiary/aromatic N) is 3. The van der Waals surface area contributed by atoms with Crippen molar-refractivity contribution in [3.05, 3.63) is 107 Å². The largest absolute Gasteiger partial charge is 0.326 e. The summed E-state index contributed by atoms with van der Waals surface area (Å²) in [5.74, 6) is -0.181. The number of piperazine rings is 1. The Kier molecular flexibility index (Phi) is 6.66. The highest BCUT2D eigenvalue weighted by molar-refractivity contribution is 6.07. The maximum atomic E-state index is 13.9. The van der Waals surface area contributed by atoms with Crippen molar-refractivity contribution in [2.24, 2.45) is 0 Å². The van der Waals surface area contributed by atoms with Crippen molar-refractivity contribution in [1.29, 1.82) is 0 Å². The van der Waals surface area contributed by atoms with Crippen LogP contribution in [0.3, 0.4) is 0 Å². The average molecular weight is 469 g/mol. The third-order valence-corrected chi connectivity index (χ3v) is 7.05. The van der Waals surface area contributed by atoms with E-state index in [2.05, 4.69) is 46.3 Å². The predicted molar refractivity (Wildman–Crippen MR) is 137 cm³/mol. The van der Waals surface area contributed by atoms with Crippen LogP contribution in [0.2, 0.25) is 0 Å². The summed E-state index contributed by atoms with van der Waals surface area (Å²) in [6, 6.07) is 27.8. The highest BCUT2D eigenvalue weighted by Crippen LogP contribution is 2.33. The Bertz CT molecular complexity index is 1180. The molecule has 3 aromatic rings. The predicted octanol–water partition coefficient (Wildman–Crippen LogP) is 3.76. The van der Waals surface area contributed by atoms with Gasteiger partial charge in [-0.15, -0.1) is 0 Å². The minimum atomic E-state index is -1.09. The smallest absolute Gasteiger partial charge is 0.319 e. The minimum absolute atomic E-state index is 0.181. The highest BCUT2D eigenvalue weighted by atomic mass is 16.2. The van der Waals surface area contributed by atoms with Gasteiger partial charge in [0.25, 0.3) is 5.91 Å². The van der Waals surface area contributed by atoms with Crippen molar-refractivity contribution in [3.63, 3.8) is 0 Å². The Morgan fingerprint density at radius 3 is 2.09 bits per heavy atom. The molecular weight excluding hydrogens is 436 g/mol. The summed E-state index contributed by atoms with van der Waals surface area (Å²) in [5.41, 5.74) is 3.33. The molecule has 2 aliphatic rings. The van der Waals surface area contributed by atoms with Gasteiger partial charge in [0.05, 0.1) is 6.67 Å². The Labute approximate surface area is 207 Å². The summed E-state index contributed by atoms with van der Waals surface area (Å²) in [7, 11) is 0. The Morgan fingerprint density at radius 1 is 0.771 bits per heavy atom. The van der Waals surface area contributed by atoms with E-state index >= 15 is 0 Å². The lowest BCUT2D eigenvalue weighted by Crippen LogP contribution is -2.51. The second-order valence-electron chi connectivity index (χ2n) is 9.62. The molecule has 0 radical (unpaired) electrons. The summed E-state index contributed by atoms with van der Waals surface area (Å²) in [4.78, 5) is 33.0. The first-order chi connectivity index (χ1) is 17.0. The fourth-order valence-corrected chi connectivity index (χ4v) is 5.15. The Hall–Kier alpha value is -3.48. The lowest BCUT2D eigenvalue weighted by molar-refractivity contribution is -0.133. The molecule has 5 rings (SSSR count). The third-order valence-electron chi connectivity index (χ3n) is 7.05. The third kappa shape index (κ3) is 4.99. The first kappa shape index (κ1) is 23.3. The van der Waals surface area contributed by atoms with Crippen LogP contribution in [0.4, 0.5) is 4.79 Å². The minimum Gasteiger partial charge on any atom is -0.319 e. The number of urea groups is 1. The SMILES string of the molecule is Cc1cccc(CN2CCN(CN3C(=O)N[C@](Cc4ccccc4)(c4ccccc4)C3=O)CC2)c1. The van der Waals surface area contributed by atoms with Crippen molar-refractivity contribution in [3.8, 4) is 0 Å². The van der Waals surface area contributed by atoms with Crippen LogP contribution in [0.1, 0.15) is 22.3 Å². The zero-order chi connectivity index (χ0) is 24.3. The molecule has 0 spiro atoms. The second-order valence-corrected chi connectivity index (χ2v) is 9.62. The van der Waals surface area contributed by atoms with Crippen LogP contribution in [0, 0.1) is 6.92 Å². The molecule has 3 aromatic carbocycles. The van der Waals surface area contributed by atoms with Crippen molar-refractivity contribution >= 4 is 11.9 Å². The summed E-state index contributed by atoms with van der Waals surface area (Å²) in [6.45, 7) is 6.81. The van der Waals surface area contributed by atoms with E-state index in [0.717, 1.165) is 43.9 Å². The Balaban J connectivity index is 1.28. The molecule has 6 nitrogen and oxygen atoms in total. The molecule has 2 fully saturated rings. The molecule has 1 N–H and O–H groups in total. The summed E-state index contributed by atoms with van der Waals surface area (Å²) in [5, 5.41) is 3.07. The van der Waals surface area contributed by atoms with Gasteiger partial charge in [0.1, 0.15) is 0 Å². The topological polar surface area (TPSA) is 55.9 Å². The van der Waals surface area contributed by atoms with Gasteiger partial charge in [0, 0.05) is 39.1 Å². The number of carbonyl (C=O) groups excluding carboxylic acids is 2. The van der Waals surface area contributed by atoms with Crippen LogP contribution in [0.25, 0.3) is 0 Å².